The molecule has 0 aromatic heterocycles. The number of nitrogens with zero attached hydrogens (tertiary/aromatic N) is 2. The number of rotatable bonds is 7. The van der Waals surface area contributed by atoms with Crippen molar-refractivity contribution in [3.8, 4) is 0 Å². The van der Waals surface area contributed by atoms with Crippen molar-refractivity contribution in [3.05, 3.63) is 0 Å². The maximum Gasteiger partial charge on any atom is 0.204 e. The van der Waals surface area contributed by atoms with Gasteiger partial charge in [0.15, 0.2) is 7.98 Å². The zero-order valence-corrected chi connectivity index (χ0v) is 11.6. The van der Waals surface area contributed by atoms with Gasteiger partial charge in [0, 0.05) is 5.41 Å². The highest BCUT2D eigenvalue weighted by Crippen LogP contribution is 2.37. The summed E-state index contributed by atoms with van der Waals surface area (Å²) in [7, 11) is 5.88. The number of nitrogens with two attached hydrogens (primary N) is 1. The third-order valence-corrected chi connectivity index (χ3v) is 4.41. The van der Waals surface area contributed by atoms with Crippen LogP contribution in [0.3, 0.4) is 0 Å². The third kappa shape index (κ3) is 3.52. The first-order valence-electron chi connectivity index (χ1n) is 7.24. The molecular weight excluding hydrogens is 207 g/mol. The van der Waals surface area contributed by atoms with Gasteiger partial charge in [-0.05, 0) is 39.1 Å². The molecule has 2 aliphatic rings. The zero-order valence-electron chi connectivity index (χ0n) is 11.6. The van der Waals surface area contributed by atoms with Crippen LogP contribution in [0.25, 0.3) is 0 Å². The van der Waals surface area contributed by atoms with E-state index in [0.717, 1.165) is 12.4 Å². The van der Waals surface area contributed by atoms with Crippen LogP contribution in [0.2, 0.25) is 12.1 Å². The van der Waals surface area contributed by atoms with Crippen molar-refractivity contribution >= 4 is 23.2 Å². The van der Waals surface area contributed by atoms with E-state index in [1.54, 1.807) is 0 Å². The smallest absolute Gasteiger partial charge is 0.204 e. The minimum atomic E-state index is 0.710. The highest BCUT2D eigenvalue weighted by molar-refractivity contribution is 6.32. The molecule has 0 saturated carbocycles. The predicted octanol–water partition coefficient (Wildman–Crippen LogP) is -1.53. The minimum absolute atomic E-state index is 0.710. The van der Waals surface area contributed by atoms with Crippen LogP contribution in [-0.4, -0.2) is 65.6 Å². The fourth-order valence-electron chi connectivity index (χ4n) is 3.62. The van der Waals surface area contributed by atoms with Gasteiger partial charge in [-0.25, -0.2) is 0 Å². The maximum absolute atomic E-state index is 5.56. The van der Waals surface area contributed by atoms with Crippen molar-refractivity contribution in [2.24, 2.45) is 11.1 Å². The van der Waals surface area contributed by atoms with E-state index in [9.17, 15) is 0 Å². The van der Waals surface area contributed by atoms with Crippen molar-refractivity contribution in [3.63, 3.8) is 0 Å². The Morgan fingerprint density at radius 1 is 1.24 bits per heavy atom. The van der Waals surface area contributed by atoms with Crippen molar-refractivity contribution in [1.29, 1.82) is 0 Å². The molecule has 2 aliphatic heterocycles. The maximum atomic E-state index is 5.56. The molecule has 0 amide bonds. The van der Waals surface area contributed by atoms with Gasteiger partial charge in [-0.3, -0.25) is 0 Å². The summed E-state index contributed by atoms with van der Waals surface area (Å²) in [4.78, 5) is 5.08. The fourth-order valence-corrected chi connectivity index (χ4v) is 3.62. The summed E-state index contributed by atoms with van der Waals surface area (Å²) in [6, 6.07) is 0. The van der Waals surface area contributed by atoms with E-state index in [2.05, 4.69) is 25.4 Å². The molecule has 0 aromatic carbocycles. The van der Waals surface area contributed by atoms with E-state index in [4.69, 9.17) is 5.73 Å². The molecule has 17 heavy (non-hydrogen) atoms. The van der Waals surface area contributed by atoms with E-state index < -0.39 is 0 Å². The first-order chi connectivity index (χ1) is 8.13. The second-order valence-electron chi connectivity index (χ2n) is 6.56. The molecule has 0 aliphatic carbocycles. The molecule has 0 bridgehead atoms. The molecule has 3 nitrogen and oxygen atoms in total. The van der Waals surface area contributed by atoms with Gasteiger partial charge in [0.1, 0.15) is 7.85 Å². The molecule has 2 N–H and O–H groups in total. The highest BCUT2D eigenvalue weighted by atomic mass is 15.2. The van der Waals surface area contributed by atoms with Gasteiger partial charge in [0.05, 0.1) is 0 Å². The van der Waals surface area contributed by atoms with Gasteiger partial charge < -0.3 is 15.4 Å². The van der Waals surface area contributed by atoms with E-state index in [0.29, 0.717) is 5.41 Å². The molecule has 1 spiro atoms. The summed E-state index contributed by atoms with van der Waals surface area (Å²) in [5, 5.41) is 0. The molecule has 0 aromatic rings. The summed E-state index contributed by atoms with van der Waals surface area (Å²) in [6.45, 7) is 6.22. The first kappa shape index (κ1) is 13.5. The van der Waals surface area contributed by atoms with Crippen LogP contribution < -0.4 is 5.73 Å². The molecular formula is C11H26B3N3. The average molecular weight is 233 g/mol. The Morgan fingerprint density at radius 3 is 2.53 bits per heavy atom. The Balaban J connectivity index is 1.45. The van der Waals surface area contributed by atoms with Crippen molar-refractivity contribution in [1.82, 2.24) is 9.62 Å². The molecule has 6 heteroatoms. The molecule has 1 atom stereocenters. The molecule has 2 fully saturated rings. The standard InChI is InChI=1S/C11H26B3N3/c12-10(3-5-15)2-1-4-14-17-8-11(9-17)6-16(13)7-11/h10,14H,1-9,12-13,15H2. The van der Waals surface area contributed by atoms with Crippen LogP contribution in [0.5, 0.6) is 0 Å². The fraction of sp³-hybridized carbons (Fsp3) is 1.00. The van der Waals surface area contributed by atoms with Gasteiger partial charge in [-0.2, -0.15) is 0 Å². The summed E-state index contributed by atoms with van der Waals surface area (Å²) >= 11 is 0. The SMILES string of the molecule is BC(CCN)CCCBN1CC2(CN(B)C2)C1. The van der Waals surface area contributed by atoms with Gasteiger partial charge in [0.2, 0.25) is 7.41 Å². The van der Waals surface area contributed by atoms with Crippen LogP contribution in [0.15, 0.2) is 0 Å². The van der Waals surface area contributed by atoms with Crippen molar-refractivity contribution in [2.75, 3.05) is 32.7 Å². The predicted molar refractivity (Wildman–Crippen MR) is 81.3 cm³/mol. The largest absolute Gasteiger partial charge is 0.347 e. The minimum Gasteiger partial charge on any atom is -0.347 e. The molecule has 0 radical (unpaired) electrons. The van der Waals surface area contributed by atoms with Crippen LogP contribution in [0.1, 0.15) is 19.3 Å². The van der Waals surface area contributed by atoms with Crippen LogP contribution in [0.4, 0.5) is 0 Å². The number of hydrogen-bond acceptors (Lipinski definition) is 3. The van der Waals surface area contributed by atoms with E-state index in [1.807, 2.05) is 0 Å². The van der Waals surface area contributed by atoms with E-state index in [1.165, 1.54) is 59.2 Å². The Hall–Kier alpha value is 0.0748. The molecule has 2 saturated heterocycles. The summed E-state index contributed by atoms with van der Waals surface area (Å²) in [5.41, 5.74) is 6.27. The van der Waals surface area contributed by atoms with Crippen molar-refractivity contribution < 1.29 is 0 Å². The summed E-state index contributed by atoms with van der Waals surface area (Å²) < 4.78 is 0. The molecule has 2 heterocycles. The lowest BCUT2D eigenvalue weighted by molar-refractivity contribution is -0.0392. The second-order valence-corrected chi connectivity index (χ2v) is 6.56. The lowest BCUT2D eigenvalue weighted by Gasteiger charge is -2.60. The molecule has 94 valence electrons. The third-order valence-electron chi connectivity index (χ3n) is 4.41. The highest BCUT2D eigenvalue weighted by Gasteiger charge is 2.49. The van der Waals surface area contributed by atoms with Crippen LogP contribution >= 0.6 is 0 Å². The van der Waals surface area contributed by atoms with Crippen LogP contribution in [0, 0.1) is 5.41 Å². The Labute approximate surface area is 109 Å². The topological polar surface area (TPSA) is 32.5 Å². The Morgan fingerprint density at radius 2 is 1.94 bits per heavy atom. The lowest BCUT2D eigenvalue weighted by Crippen LogP contribution is -2.71. The lowest BCUT2D eigenvalue weighted by atomic mass is 9.65. The average Bonchev–Trinajstić information content (AvgIpc) is 2.18. The Kier molecular flexibility index (Phi) is 4.62. The van der Waals surface area contributed by atoms with E-state index >= 15 is 0 Å². The Bertz CT molecular complexity index is 238. The quantitative estimate of drug-likeness (QED) is 0.427. The van der Waals surface area contributed by atoms with Gasteiger partial charge in [0.25, 0.3) is 0 Å². The van der Waals surface area contributed by atoms with Gasteiger partial charge in [-0.1, -0.05) is 25.0 Å². The summed E-state index contributed by atoms with van der Waals surface area (Å²) in [5.74, 6) is 0.822. The molecule has 1 unspecified atom stereocenters. The summed E-state index contributed by atoms with van der Waals surface area (Å²) in [6.07, 6.45) is 5.31. The van der Waals surface area contributed by atoms with Gasteiger partial charge in [-0.15, -0.1) is 0 Å². The monoisotopic (exact) mass is 233 g/mol. The normalized spacial score (nSPS) is 25.2. The second kappa shape index (κ2) is 5.81. The van der Waals surface area contributed by atoms with E-state index in [-0.39, 0.29) is 0 Å². The van der Waals surface area contributed by atoms with Gasteiger partial charge >= 0.3 is 0 Å². The van der Waals surface area contributed by atoms with Crippen LogP contribution in [-0.2, 0) is 0 Å². The molecule has 2 rings (SSSR count). The first-order valence-corrected chi connectivity index (χ1v) is 7.24. The zero-order chi connectivity index (χ0) is 12.3. The number of hydrogen-bond donors (Lipinski definition) is 1. The van der Waals surface area contributed by atoms with Crippen molar-refractivity contribution in [2.45, 2.75) is 31.4 Å².